The standard InChI is InChI=1S/C23H19Cl2N7O4.ClH/c24-15-2-1-12(7-16(15)25)9-27-23-29-17-10-28-32(19(17)20(33)30-23)14-8-18(22(35)36)31(11-14)21(34)13-3-5-26-6-4-13;/h1-7,10,14,18H,8-9,11H2,(H,35,36)(H2,27,29,30,33);1H. The Balaban J connectivity index is 0.00000320. The predicted molar refractivity (Wildman–Crippen MR) is 140 cm³/mol. The number of benzene rings is 1. The van der Waals surface area contributed by atoms with Crippen molar-refractivity contribution < 1.29 is 14.7 Å². The van der Waals surface area contributed by atoms with E-state index in [4.69, 9.17) is 23.2 Å². The Labute approximate surface area is 225 Å². The molecule has 1 aliphatic heterocycles. The summed E-state index contributed by atoms with van der Waals surface area (Å²) in [6.45, 7) is 0.417. The molecular weight excluding hydrogens is 545 g/mol. The van der Waals surface area contributed by atoms with Gasteiger partial charge in [0.05, 0.1) is 22.3 Å². The third kappa shape index (κ3) is 5.24. The van der Waals surface area contributed by atoms with E-state index in [1.807, 2.05) is 0 Å². The van der Waals surface area contributed by atoms with Gasteiger partial charge in [0, 0.05) is 37.5 Å². The highest BCUT2D eigenvalue weighted by Gasteiger charge is 2.41. The van der Waals surface area contributed by atoms with Crippen molar-refractivity contribution in [3.05, 3.63) is 80.4 Å². The fourth-order valence-corrected chi connectivity index (χ4v) is 4.60. The number of carbonyl (C=O) groups excluding carboxylic acids is 1. The summed E-state index contributed by atoms with van der Waals surface area (Å²) in [7, 11) is 0. The second-order valence-electron chi connectivity index (χ2n) is 8.28. The normalized spacial score (nSPS) is 17.0. The van der Waals surface area contributed by atoms with E-state index >= 15 is 0 Å². The van der Waals surface area contributed by atoms with Crippen LogP contribution in [-0.2, 0) is 11.3 Å². The first-order valence-corrected chi connectivity index (χ1v) is 11.7. The zero-order valence-corrected chi connectivity index (χ0v) is 21.3. The van der Waals surface area contributed by atoms with Crippen molar-refractivity contribution in [2.45, 2.75) is 25.0 Å². The molecule has 14 heteroatoms. The molecule has 1 aromatic carbocycles. The van der Waals surface area contributed by atoms with Crippen LogP contribution in [0.5, 0.6) is 0 Å². The SMILES string of the molecule is Cl.O=C(O)C1CC(n2ncc3nc(NCc4ccc(Cl)c(Cl)c4)[nH]c(=O)c32)CN1C(=O)c1ccncc1. The quantitative estimate of drug-likeness (QED) is 0.323. The lowest BCUT2D eigenvalue weighted by atomic mass is 10.1. The topological polar surface area (TPSA) is 146 Å². The van der Waals surface area contributed by atoms with E-state index < -0.39 is 29.5 Å². The van der Waals surface area contributed by atoms with Crippen LogP contribution in [0.25, 0.3) is 11.0 Å². The first kappa shape index (κ1) is 26.4. The zero-order valence-electron chi connectivity index (χ0n) is 19.0. The third-order valence-corrected chi connectivity index (χ3v) is 6.74. The molecule has 4 aromatic rings. The number of aliphatic carboxylic acids is 1. The van der Waals surface area contributed by atoms with Crippen molar-refractivity contribution in [3.63, 3.8) is 0 Å². The molecule has 0 radical (unpaired) electrons. The van der Waals surface area contributed by atoms with Crippen LogP contribution in [0.1, 0.15) is 28.4 Å². The Bertz CT molecular complexity index is 1530. The lowest BCUT2D eigenvalue weighted by Gasteiger charge is -2.21. The summed E-state index contributed by atoms with van der Waals surface area (Å²) in [5.41, 5.74) is 1.26. The first-order valence-electron chi connectivity index (χ1n) is 10.9. The van der Waals surface area contributed by atoms with E-state index in [2.05, 4.69) is 25.4 Å². The largest absolute Gasteiger partial charge is 0.480 e. The molecule has 1 fully saturated rings. The van der Waals surface area contributed by atoms with Crippen LogP contribution < -0.4 is 10.9 Å². The number of nitrogens with zero attached hydrogens (tertiary/aromatic N) is 5. The molecule has 3 aromatic heterocycles. The molecule has 1 aliphatic rings. The summed E-state index contributed by atoms with van der Waals surface area (Å²) >= 11 is 12.0. The van der Waals surface area contributed by atoms with Crippen molar-refractivity contribution in [2.75, 3.05) is 11.9 Å². The van der Waals surface area contributed by atoms with Gasteiger partial charge in [0.1, 0.15) is 11.6 Å². The minimum atomic E-state index is -1.13. The number of anilines is 1. The Hall–Kier alpha value is -3.67. The van der Waals surface area contributed by atoms with E-state index in [0.29, 0.717) is 27.7 Å². The first-order chi connectivity index (χ1) is 17.3. The van der Waals surface area contributed by atoms with E-state index in [-0.39, 0.29) is 36.8 Å². The molecule has 11 nitrogen and oxygen atoms in total. The van der Waals surface area contributed by atoms with Gasteiger partial charge >= 0.3 is 5.97 Å². The predicted octanol–water partition coefficient (Wildman–Crippen LogP) is 3.40. The maximum atomic E-state index is 13.0. The Morgan fingerprint density at radius 3 is 2.62 bits per heavy atom. The minimum absolute atomic E-state index is 0. The smallest absolute Gasteiger partial charge is 0.326 e. The highest BCUT2D eigenvalue weighted by Crippen LogP contribution is 2.30. The molecular formula is C23H20Cl3N7O4. The van der Waals surface area contributed by atoms with E-state index in [1.54, 1.807) is 18.2 Å². The second kappa shape index (κ2) is 10.8. The number of carboxylic acids is 1. The highest BCUT2D eigenvalue weighted by atomic mass is 35.5. The molecule has 5 rings (SSSR count). The van der Waals surface area contributed by atoms with Crippen LogP contribution in [0, 0.1) is 0 Å². The summed E-state index contributed by atoms with van der Waals surface area (Å²) in [6, 6.07) is 6.66. The number of rotatable bonds is 6. The number of pyridine rings is 1. The van der Waals surface area contributed by atoms with Crippen LogP contribution in [0.15, 0.2) is 53.7 Å². The number of H-pyrrole nitrogens is 1. The van der Waals surface area contributed by atoms with Gasteiger partial charge in [-0.3, -0.25) is 24.2 Å². The molecule has 0 spiro atoms. The number of fused-ring (bicyclic) bond motifs is 1. The number of nitrogens with one attached hydrogen (secondary N) is 2. The number of carbonyl (C=O) groups is 2. The molecule has 0 aliphatic carbocycles. The monoisotopic (exact) mass is 563 g/mol. The van der Waals surface area contributed by atoms with Gasteiger partial charge in [-0.05, 0) is 29.8 Å². The Kier molecular flexibility index (Phi) is 7.67. The van der Waals surface area contributed by atoms with Crippen LogP contribution in [-0.4, -0.2) is 59.2 Å². The minimum Gasteiger partial charge on any atom is -0.480 e. The number of amides is 1. The average Bonchev–Trinajstić information content (AvgIpc) is 3.50. The summed E-state index contributed by atoms with van der Waals surface area (Å²) in [6.07, 6.45) is 4.48. The number of halogens is 3. The third-order valence-electron chi connectivity index (χ3n) is 6.00. The van der Waals surface area contributed by atoms with Crippen molar-refractivity contribution in [1.29, 1.82) is 0 Å². The summed E-state index contributed by atoms with van der Waals surface area (Å²) in [5.74, 6) is -1.32. The maximum absolute atomic E-state index is 13.0. The number of carboxylic acid groups (broad SMARTS) is 1. The zero-order chi connectivity index (χ0) is 25.4. The van der Waals surface area contributed by atoms with Crippen molar-refractivity contribution in [2.24, 2.45) is 0 Å². The highest BCUT2D eigenvalue weighted by molar-refractivity contribution is 6.42. The van der Waals surface area contributed by atoms with Gasteiger partial charge in [0.25, 0.3) is 11.5 Å². The van der Waals surface area contributed by atoms with Gasteiger partial charge in [-0.2, -0.15) is 5.10 Å². The maximum Gasteiger partial charge on any atom is 0.326 e. The molecule has 0 saturated carbocycles. The lowest BCUT2D eigenvalue weighted by Crippen LogP contribution is -2.40. The number of aromatic nitrogens is 5. The van der Waals surface area contributed by atoms with Gasteiger partial charge < -0.3 is 15.3 Å². The lowest BCUT2D eigenvalue weighted by molar-refractivity contribution is -0.141. The van der Waals surface area contributed by atoms with Gasteiger partial charge in [0.15, 0.2) is 5.52 Å². The van der Waals surface area contributed by atoms with Crippen molar-refractivity contribution >= 4 is 64.5 Å². The molecule has 3 N–H and O–H groups in total. The summed E-state index contributed by atoms with van der Waals surface area (Å²) in [5, 5.41) is 18.0. The van der Waals surface area contributed by atoms with Crippen LogP contribution in [0.4, 0.5) is 5.95 Å². The molecule has 192 valence electrons. The number of hydrogen-bond donors (Lipinski definition) is 3. The molecule has 4 heterocycles. The second-order valence-corrected chi connectivity index (χ2v) is 9.09. The summed E-state index contributed by atoms with van der Waals surface area (Å²) < 4.78 is 1.44. The molecule has 0 bridgehead atoms. The molecule has 37 heavy (non-hydrogen) atoms. The Morgan fingerprint density at radius 2 is 1.92 bits per heavy atom. The number of hydrogen-bond acceptors (Lipinski definition) is 7. The fraction of sp³-hybridized carbons (Fsp3) is 0.217. The molecule has 1 saturated heterocycles. The molecule has 1 amide bonds. The van der Waals surface area contributed by atoms with Crippen LogP contribution >= 0.6 is 35.6 Å². The summed E-state index contributed by atoms with van der Waals surface area (Å²) in [4.78, 5) is 50.2. The van der Waals surface area contributed by atoms with Crippen molar-refractivity contribution in [1.82, 2.24) is 29.6 Å². The average molecular weight is 565 g/mol. The molecule has 2 unspecified atom stereocenters. The van der Waals surface area contributed by atoms with Crippen molar-refractivity contribution in [3.8, 4) is 0 Å². The van der Waals surface area contributed by atoms with Gasteiger partial charge in [-0.25, -0.2) is 9.78 Å². The van der Waals surface area contributed by atoms with Gasteiger partial charge in [-0.1, -0.05) is 29.3 Å². The van der Waals surface area contributed by atoms with Gasteiger partial charge in [0.2, 0.25) is 5.95 Å². The number of likely N-dealkylation sites (tertiary alicyclic amines) is 1. The van der Waals surface area contributed by atoms with E-state index in [1.165, 1.54) is 40.3 Å². The molecule has 2 atom stereocenters. The van der Waals surface area contributed by atoms with Crippen LogP contribution in [0.3, 0.4) is 0 Å². The fourth-order valence-electron chi connectivity index (χ4n) is 4.28. The Morgan fingerprint density at radius 1 is 1.16 bits per heavy atom. The van der Waals surface area contributed by atoms with Crippen LogP contribution in [0.2, 0.25) is 10.0 Å². The van der Waals surface area contributed by atoms with E-state index in [9.17, 15) is 19.5 Å². The van der Waals surface area contributed by atoms with E-state index in [0.717, 1.165) is 5.56 Å². The van der Waals surface area contributed by atoms with Gasteiger partial charge in [-0.15, -0.1) is 12.4 Å². The number of aromatic amines is 1.